The third kappa shape index (κ3) is 4.45. The van der Waals surface area contributed by atoms with Gasteiger partial charge in [-0.1, -0.05) is 56.2 Å². The molecule has 0 aromatic carbocycles. The number of hydrogen-bond donors (Lipinski definition) is 1. The molecule has 0 saturated heterocycles. The van der Waals surface area contributed by atoms with Gasteiger partial charge in [-0.2, -0.15) is 0 Å². The molecule has 12 heavy (non-hydrogen) atoms. The Morgan fingerprint density at radius 1 is 1.50 bits per heavy atom. The van der Waals surface area contributed by atoms with E-state index < -0.39 is 0 Å². The lowest BCUT2D eigenvalue weighted by Gasteiger charge is -2.28. The fraction of sp³-hybridized carbons (Fsp3) is 0.800. The first-order valence-corrected chi connectivity index (χ1v) is 5.74. The van der Waals surface area contributed by atoms with Crippen LogP contribution in [0, 0.1) is 5.41 Å². The molecular formula is C10H19IO. The second-order valence-corrected chi connectivity index (χ2v) is 4.57. The average molecular weight is 282 g/mol. The molecule has 0 bridgehead atoms. The van der Waals surface area contributed by atoms with Crippen molar-refractivity contribution in [1.82, 2.24) is 0 Å². The summed E-state index contributed by atoms with van der Waals surface area (Å²) in [5, 5.41) is 9.71. The van der Waals surface area contributed by atoms with Crippen molar-refractivity contribution in [2.45, 2.75) is 46.1 Å². The molecular weight excluding hydrogens is 263 g/mol. The summed E-state index contributed by atoms with van der Waals surface area (Å²) in [6.45, 7) is 6.41. The van der Waals surface area contributed by atoms with E-state index in [2.05, 4.69) is 43.4 Å². The van der Waals surface area contributed by atoms with Crippen LogP contribution < -0.4 is 0 Å². The SMILES string of the molecule is CCCCC(C)(C)C(O)C=CI. The molecule has 0 aliphatic rings. The Hall–Kier alpha value is 0.430. The summed E-state index contributed by atoms with van der Waals surface area (Å²) in [5.74, 6) is 0. The summed E-state index contributed by atoms with van der Waals surface area (Å²) in [6.07, 6.45) is 5.03. The monoisotopic (exact) mass is 282 g/mol. The van der Waals surface area contributed by atoms with Gasteiger partial charge >= 0.3 is 0 Å². The quantitative estimate of drug-likeness (QED) is 0.765. The molecule has 0 aromatic heterocycles. The third-order valence-corrected chi connectivity index (χ3v) is 2.65. The number of halogens is 1. The number of hydrogen-bond acceptors (Lipinski definition) is 1. The van der Waals surface area contributed by atoms with Crippen molar-refractivity contribution in [2.24, 2.45) is 5.41 Å². The van der Waals surface area contributed by atoms with E-state index in [4.69, 9.17) is 0 Å². The minimum atomic E-state index is -0.305. The number of aliphatic hydroxyl groups is 1. The van der Waals surface area contributed by atoms with Gasteiger partial charge in [-0.05, 0) is 22.0 Å². The molecule has 72 valence electrons. The fourth-order valence-corrected chi connectivity index (χ4v) is 1.50. The van der Waals surface area contributed by atoms with E-state index in [1.54, 1.807) is 0 Å². The van der Waals surface area contributed by atoms with Crippen LogP contribution in [-0.4, -0.2) is 11.2 Å². The lowest BCUT2D eigenvalue weighted by atomic mass is 9.82. The maximum Gasteiger partial charge on any atom is 0.0779 e. The van der Waals surface area contributed by atoms with Gasteiger partial charge in [-0.3, -0.25) is 0 Å². The predicted octanol–water partition coefficient (Wildman–Crippen LogP) is 3.51. The van der Waals surface area contributed by atoms with Gasteiger partial charge in [0, 0.05) is 0 Å². The van der Waals surface area contributed by atoms with E-state index in [1.807, 2.05) is 10.2 Å². The first kappa shape index (κ1) is 12.4. The highest BCUT2D eigenvalue weighted by atomic mass is 127. The van der Waals surface area contributed by atoms with Crippen molar-refractivity contribution in [3.63, 3.8) is 0 Å². The summed E-state index contributed by atoms with van der Waals surface area (Å²) in [6, 6.07) is 0. The second kappa shape index (κ2) is 5.97. The molecule has 0 spiro atoms. The van der Waals surface area contributed by atoms with E-state index in [0.717, 1.165) is 6.42 Å². The van der Waals surface area contributed by atoms with Crippen molar-refractivity contribution in [2.75, 3.05) is 0 Å². The van der Waals surface area contributed by atoms with Crippen molar-refractivity contribution in [3.05, 3.63) is 10.2 Å². The highest BCUT2D eigenvalue weighted by Crippen LogP contribution is 2.28. The Morgan fingerprint density at radius 3 is 2.50 bits per heavy atom. The van der Waals surface area contributed by atoms with Crippen LogP contribution in [0.5, 0.6) is 0 Å². The van der Waals surface area contributed by atoms with Gasteiger partial charge in [0.25, 0.3) is 0 Å². The lowest BCUT2D eigenvalue weighted by Crippen LogP contribution is -2.27. The number of rotatable bonds is 5. The molecule has 1 nitrogen and oxygen atoms in total. The Balaban J connectivity index is 3.98. The minimum absolute atomic E-state index is 0.0255. The molecule has 0 fully saturated rings. The standard InChI is InChI=1S/C10H19IO/c1-4-5-7-10(2,3)9(12)6-8-11/h6,8-9,12H,4-5,7H2,1-3H3. The van der Waals surface area contributed by atoms with Crippen molar-refractivity contribution in [1.29, 1.82) is 0 Å². The molecule has 0 saturated carbocycles. The maximum absolute atomic E-state index is 9.71. The van der Waals surface area contributed by atoms with Gasteiger partial charge < -0.3 is 5.11 Å². The second-order valence-electron chi connectivity index (χ2n) is 3.86. The Labute approximate surface area is 89.4 Å². The highest BCUT2D eigenvalue weighted by Gasteiger charge is 2.24. The Morgan fingerprint density at radius 2 is 2.08 bits per heavy atom. The van der Waals surface area contributed by atoms with E-state index in [0.29, 0.717) is 0 Å². The largest absolute Gasteiger partial charge is 0.388 e. The summed E-state index contributed by atoms with van der Waals surface area (Å²) < 4.78 is 1.89. The van der Waals surface area contributed by atoms with Gasteiger partial charge in [0.05, 0.1) is 6.10 Å². The first-order chi connectivity index (χ1) is 5.54. The average Bonchev–Trinajstić information content (AvgIpc) is 2.01. The van der Waals surface area contributed by atoms with Crippen LogP contribution in [0.15, 0.2) is 10.2 Å². The van der Waals surface area contributed by atoms with E-state index in [1.165, 1.54) is 12.8 Å². The van der Waals surface area contributed by atoms with Gasteiger partial charge in [-0.15, -0.1) is 0 Å². The zero-order valence-corrected chi connectivity index (χ0v) is 10.3. The molecule has 0 aromatic rings. The zero-order chi connectivity index (χ0) is 9.61. The lowest BCUT2D eigenvalue weighted by molar-refractivity contribution is 0.0818. The van der Waals surface area contributed by atoms with Crippen LogP contribution in [0.2, 0.25) is 0 Å². The molecule has 0 aliphatic carbocycles. The summed E-state index contributed by atoms with van der Waals surface area (Å²) in [4.78, 5) is 0. The third-order valence-electron chi connectivity index (χ3n) is 2.23. The van der Waals surface area contributed by atoms with Crippen molar-refractivity contribution in [3.8, 4) is 0 Å². The Bertz CT molecular complexity index is 141. The predicted molar refractivity (Wildman–Crippen MR) is 62.5 cm³/mol. The highest BCUT2D eigenvalue weighted by molar-refractivity contribution is 14.1. The zero-order valence-electron chi connectivity index (χ0n) is 8.18. The van der Waals surface area contributed by atoms with Crippen molar-refractivity contribution < 1.29 is 5.11 Å². The Kier molecular flexibility index (Phi) is 6.19. The molecule has 0 heterocycles. The molecule has 0 amide bonds. The van der Waals surface area contributed by atoms with Crippen LogP contribution in [0.1, 0.15) is 40.0 Å². The summed E-state index contributed by atoms with van der Waals surface area (Å²) >= 11 is 2.14. The topological polar surface area (TPSA) is 20.2 Å². The molecule has 1 atom stereocenters. The fourth-order valence-electron chi connectivity index (χ4n) is 1.11. The molecule has 0 aliphatic heterocycles. The van der Waals surface area contributed by atoms with E-state index >= 15 is 0 Å². The molecule has 0 radical (unpaired) electrons. The maximum atomic E-state index is 9.71. The summed E-state index contributed by atoms with van der Waals surface area (Å²) in [7, 11) is 0. The smallest absolute Gasteiger partial charge is 0.0779 e. The molecule has 0 rings (SSSR count). The van der Waals surface area contributed by atoms with Gasteiger partial charge in [-0.25, -0.2) is 0 Å². The molecule has 1 N–H and O–H groups in total. The van der Waals surface area contributed by atoms with E-state index in [-0.39, 0.29) is 11.5 Å². The molecule has 1 unspecified atom stereocenters. The van der Waals surface area contributed by atoms with Crippen LogP contribution in [-0.2, 0) is 0 Å². The minimum Gasteiger partial charge on any atom is -0.388 e. The van der Waals surface area contributed by atoms with E-state index in [9.17, 15) is 5.11 Å². The normalized spacial score (nSPS) is 15.4. The summed E-state index contributed by atoms with van der Waals surface area (Å²) in [5.41, 5.74) is 0.0255. The number of aliphatic hydroxyl groups excluding tert-OH is 1. The molecule has 2 heteroatoms. The van der Waals surface area contributed by atoms with Crippen LogP contribution in [0.3, 0.4) is 0 Å². The van der Waals surface area contributed by atoms with Crippen LogP contribution >= 0.6 is 22.6 Å². The first-order valence-electron chi connectivity index (χ1n) is 4.49. The van der Waals surface area contributed by atoms with Crippen LogP contribution in [0.25, 0.3) is 0 Å². The van der Waals surface area contributed by atoms with Crippen LogP contribution in [0.4, 0.5) is 0 Å². The van der Waals surface area contributed by atoms with Gasteiger partial charge in [0.1, 0.15) is 0 Å². The van der Waals surface area contributed by atoms with Crippen molar-refractivity contribution >= 4 is 22.6 Å². The van der Waals surface area contributed by atoms with Gasteiger partial charge in [0.15, 0.2) is 0 Å². The van der Waals surface area contributed by atoms with Gasteiger partial charge in [0.2, 0.25) is 0 Å². The number of unbranched alkanes of at least 4 members (excludes halogenated alkanes) is 1.